The summed E-state index contributed by atoms with van der Waals surface area (Å²) < 4.78 is 16.3. The van der Waals surface area contributed by atoms with Gasteiger partial charge in [-0.3, -0.25) is 0 Å². The van der Waals surface area contributed by atoms with Gasteiger partial charge in [-0.25, -0.2) is 0 Å². The molecule has 0 aromatic heterocycles. The zero-order valence-corrected chi connectivity index (χ0v) is 9.97. The third-order valence-electron chi connectivity index (χ3n) is 2.86. The summed E-state index contributed by atoms with van der Waals surface area (Å²) in [5.74, 6) is 2.75. The fraction of sp³-hybridized carbons (Fsp3) is 0.143. The number of hydrogen-bond acceptors (Lipinski definition) is 4. The molecule has 2 aromatic carbocycles. The Hall–Kier alpha value is -2.36. The first-order valence-electron chi connectivity index (χ1n) is 5.66. The summed E-state index contributed by atoms with van der Waals surface area (Å²) in [4.78, 5) is 0. The van der Waals surface area contributed by atoms with Crippen LogP contribution in [0.1, 0.15) is 5.56 Å². The molecule has 0 saturated heterocycles. The van der Waals surface area contributed by atoms with E-state index in [1.807, 2.05) is 37.3 Å². The molecular weight excluding hydrogens is 230 g/mol. The van der Waals surface area contributed by atoms with Crippen molar-refractivity contribution in [3.8, 4) is 23.0 Å². The molecule has 0 atom stereocenters. The van der Waals surface area contributed by atoms with Crippen LogP contribution in [-0.4, -0.2) is 6.79 Å². The van der Waals surface area contributed by atoms with Crippen LogP contribution in [0.2, 0.25) is 0 Å². The van der Waals surface area contributed by atoms with Crippen molar-refractivity contribution in [2.45, 2.75) is 6.92 Å². The van der Waals surface area contributed by atoms with E-state index < -0.39 is 0 Å². The van der Waals surface area contributed by atoms with Crippen molar-refractivity contribution in [1.29, 1.82) is 0 Å². The zero-order valence-electron chi connectivity index (χ0n) is 9.97. The third kappa shape index (κ3) is 1.82. The largest absolute Gasteiger partial charge is 0.455 e. The molecular formula is C14H13NO3. The van der Waals surface area contributed by atoms with Crippen LogP contribution >= 0.6 is 0 Å². The monoisotopic (exact) mass is 243 g/mol. The van der Waals surface area contributed by atoms with E-state index in [9.17, 15) is 0 Å². The molecule has 1 heterocycles. The van der Waals surface area contributed by atoms with E-state index in [4.69, 9.17) is 19.9 Å². The van der Waals surface area contributed by atoms with Gasteiger partial charge in [-0.1, -0.05) is 12.1 Å². The lowest BCUT2D eigenvalue weighted by Gasteiger charge is -2.10. The minimum absolute atomic E-state index is 0.255. The molecule has 18 heavy (non-hydrogen) atoms. The van der Waals surface area contributed by atoms with Crippen LogP contribution in [0.5, 0.6) is 23.0 Å². The van der Waals surface area contributed by atoms with E-state index in [0.29, 0.717) is 22.9 Å². The molecule has 0 bridgehead atoms. The highest BCUT2D eigenvalue weighted by Gasteiger charge is 2.14. The second-order valence-corrected chi connectivity index (χ2v) is 4.10. The van der Waals surface area contributed by atoms with Crippen molar-refractivity contribution in [3.05, 3.63) is 42.0 Å². The molecule has 3 rings (SSSR count). The van der Waals surface area contributed by atoms with Gasteiger partial charge < -0.3 is 19.9 Å². The molecule has 0 aliphatic carbocycles. The smallest absolute Gasteiger partial charge is 0.231 e. The number of hydrogen-bond donors (Lipinski definition) is 1. The Kier molecular flexibility index (Phi) is 2.48. The van der Waals surface area contributed by atoms with Crippen LogP contribution < -0.4 is 19.9 Å². The Balaban J connectivity index is 1.90. The zero-order chi connectivity index (χ0) is 12.5. The summed E-state index contributed by atoms with van der Waals surface area (Å²) in [6, 6.07) is 11.1. The first kappa shape index (κ1) is 10.8. The SMILES string of the molecule is Cc1cccc(Oc2ccc3c(c2)OCO3)c1N. The average molecular weight is 243 g/mol. The van der Waals surface area contributed by atoms with E-state index >= 15 is 0 Å². The topological polar surface area (TPSA) is 53.7 Å². The van der Waals surface area contributed by atoms with Crippen LogP contribution in [-0.2, 0) is 0 Å². The summed E-state index contributed by atoms with van der Waals surface area (Å²) >= 11 is 0. The Morgan fingerprint density at radius 3 is 2.83 bits per heavy atom. The fourth-order valence-corrected chi connectivity index (χ4v) is 1.81. The van der Waals surface area contributed by atoms with Crippen LogP contribution in [0.25, 0.3) is 0 Å². The number of nitrogens with two attached hydrogens (primary N) is 1. The fourth-order valence-electron chi connectivity index (χ4n) is 1.81. The lowest BCUT2D eigenvalue weighted by Crippen LogP contribution is -1.94. The number of ether oxygens (including phenoxy) is 3. The minimum atomic E-state index is 0.255. The number of rotatable bonds is 2. The van der Waals surface area contributed by atoms with Gasteiger partial charge in [0.25, 0.3) is 0 Å². The number of benzene rings is 2. The highest BCUT2D eigenvalue weighted by molar-refractivity contribution is 5.59. The summed E-state index contributed by atoms with van der Waals surface area (Å²) in [6.07, 6.45) is 0. The molecule has 0 radical (unpaired) electrons. The molecule has 2 N–H and O–H groups in total. The van der Waals surface area contributed by atoms with Crippen molar-refractivity contribution in [1.82, 2.24) is 0 Å². The van der Waals surface area contributed by atoms with Crippen molar-refractivity contribution in [2.24, 2.45) is 0 Å². The average Bonchev–Trinajstić information content (AvgIpc) is 2.82. The van der Waals surface area contributed by atoms with E-state index in [1.54, 1.807) is 6.07 Å². The molecule has 2 aromatic rings. The first-order chi connectivity index (χ1) is 8.74. The van der Waals surface area contributed by atoms with Crippen LogP contribution in [0, 0.1) is 6.92 Å². The van der Waals surface area contributed by atoms with Gasteiger partial charge in [0, 0.05) is 6.07 Å². The summed E-state index contributed by atoms with van der Waals surface area (Å²) in [5, 5.41) is 0. The highest BCUT2D eigenvalue weighted by atomic mass is 16.7. The Bertz CT molecular complexity index is 596. The maximum absolute atomic E-state index is 5.96. The number of para-hydroxylation sites is 1. The van der Waals surface area contributed by atoms with Gasteiger partial charge in [0.05, 0.1) is 5.69 Å². The predicted molar refractivity (Wildman–Crippen MR) is 68.2 cm³/mol. The predicted octanol–water partition coefficient (Wildman–Crippen LogP) is 3.10. The number of nitrogen functional groups attached to an aromatic ring is 1. The van der Waals surface area contributed by atoms with Crippen molar-refractivity contribution < 1.29 is 14.2 Å². The van der Waals surface area contributed by atoms with Crippen molar-refractivity contribution in [3.63, 3.8) is 0 Å². The van der Waals surface area contributed by atoms with E-state index in [0.717, 1.165) is 11.3 Å². The number of aryl methyl sites for hydroxylation is 1. The normalized spacial score (nSPS) is 12.5. The van der Waals surface area contributed by atoms with Gasteiger partial charge in [-0.15, -0.1) is 0 Å². The molecule has 0 unspecified atom stereocenters. The van der Waals surface area contributed by atoms with Gasteiger partial charge in [0.1, 0.15) is 5.75 Å². The maximum Gasteiger partial charge on any atom is 0.231 e. The maximum atomic E-state index is 5.96. The lowest BCUT2D eigenvalue weighted by atomic mass is 10.2. The number of anilines is 1. The molecule has 0 spiro atoms. The first-order valence-corrected chi connectivity index (χ1v) is 5.66. The molecule has 4 nitrogen and oxygen atoms in total. The molecule has 1 aliphatic heterocycles. The van der Waals surface area contributed by atoms with Gasteiger partial charge in [-0.2, -0.15) is 0 Å². The standard InChI is InChI=1S/C14H13NO3/c1-9-3-2-4-12(14(9)15)18-10-5-6-11-13(7-10)17-8-16-11/h2-7H,8,15H2,1H3. The second-order valence-electron chi connectivity index (χ2n) is 4.10. The Labute approximate surface area is 105 Å². The summed E-state index contributed by atoms with van der Waals surface area (Å²) in [5.41, 5.74) is 7.60. The van der Waals surface area contributed by atoms with Crippen molar-refractivity contribution in [2.75, 3.05) is 12.5 Å². The van der Waals surface area contributed by atoms with Crippen LogP contribution in [0.4, 0.5) is 5.69 Å². The van der Waals surface area contributed by atoms with Gasteiger partial charge in [0.2, 0.25) is 6.79 Å². The molecule has 0 amide bonds. The van der Waals surface area contributed by atoms with Crippen LogP contribution in [0.15, 0.2) is 36.4 Å². The molecule has 92 valence electrons. The van der Waals surface area contributed by atoms with E-state index in [-0.39, 0.29) is 6.79 Å². The van der Waals surface area contributed by atoms with Crippen molar-refractivity contribution >= 4 is 5.69 Å². The minimum Gasteiger partial charge on any atom is -0.455 e. The summed E-state index contributed by atoms with van der Waals surface area (Å²) in [7, 11) is 0. The molecule has 0 fully saturated rings. The lowest BCUT2D eigenvalue weighted by molar-refractivity contribution is 0.174. The summed E-state index contributed by atoms with van der Waals surface area (Å²) in [6.45, 7) is 2.20. The molecule has 1 aliphatic rings. The second kappa shape index (κ2) is 4.14. The van der Waals surface area contributed by atoms with Gasteiger partial charge >= 0.3 is 0 Å². The van der Waals surface area contributed by atoms with E-state index in [2.05, 4.69) is 0 Å². The molecule has 0 saturated carbocycles. The van der Waals surface area contributed by atoms with E-state index in [1.165, 1.54) is 0 Å². The van der Waals surface area contributed by atoms with Gasteiger partial charge in [-0.05, 0) is 30.7 Å². The Morgan fingerprint density at radius 1 is 1.11 bits per heavy atom. The molecule has 4 heteroatoms. The van der Waals surface area contributed by atoms with Crippen LogP contribution in [0.3, 0.4) is 0 Å². The third-order valence-corrected chi connectivity index (χ3v) is 2.86. The number of fused-ring (bicyclic) bond motifs is 1. The quantitative estimate of drug-likeness (QED) is 0.823. The Morgan fingerprint density at radius 2 is 1.94 bits per heavy atom. The van der Waals surface area contributed by atoms with Gasteiger partial charge in [0.15, 0.2) is 17.2 Å². The highest BCUT2D eigenvalue weighted by Crippen LogP contribution is 2.37.